The number of carbonyl (C=O) groups excluding carboxylic acids is 1. The Balaban J connectivity index is 1.58. The summed E-state index contributed by atoms with van der Waals surface area (Å²) in [6, 6.07) is 12.6. The number of benzene rings is 2. The molecule has 2 aromatic carbocycles. The standard InChI is InChI=1S/C22H24F3NO3/c1-15-6-8-17(9-7-15)16(2)21(27)26-10-11-28-20(13-26)14-29-19-5-3-4-18(12-19)22(23,24)25/h3-9,12,16,20H,10-11,13-14H2,1-2H3. The summed E-state index contributed by atoms with van der Waals surface area (Å²) in [5, 5.41) is 0. The van der Waals surface area contributed by atoms with Gasteiger partial charge >= 0.3 is 6.18 Å². The first kappa shape index (κ1) is 21.2. The van der Waals surface area contributed by atoms with Crippen molar-refractivity contribution in [3.8, 4) is 5.75 Å². The van der Waals surface area contributed by atoms with E-state index in [0.29, 0.717) is 19.7 Å². The molecule has 3 rings (SSSR count). The maximum Gasteiger partial charge on any atom is 0.416 e. The number of ether oxygens (including phenoxy) is 2. The zero-order valence-electron chi connectivity index (χ0n) is 16.4. The Labute approximate surface area is 168 Å². The molecule has 1 fully saturated rings. The van der Waals surface area contributed by atoms with Crippen LogP contribution in [0.15, 0.2) is 48.5 Å². The van der Waals surface area contributed by atoms with Crippen LogP contribution >= 0.6 is 0 Å². The third-order valence-electron chi connectivity index (χ3n) is 5.00. The summed E-state index contributed by atoms with van der Waals surface area (Å²) in [6.07, 6.45) is -4.82. The van der Waals surface area contributed by atoms with Crippen molar-refractivity contribution < 1.29 is 27.4 Å². The monoisotopic (exact) mass is 407 g/mol. The molecule has 1 saturated heterocycles. The van der Waals surface area contributed by atoms with Crippen molar-refractivity contribution in [2.24, 2.45) is 0 Å². The van der Waals surface area contributed by atoms with Crippen LogP contribution in [0.1, 0.15) is 29.5 Å². The Morgan fingerprint density at radius 2 is 1.97 bits per heavy atom. The number of aryl methyl sites for hydroxylation is 1. The largest absolute Gasteiger partial charge is 0.491 e. The fourth-order valence-electron chi connectivity index (χ4n) is 3.24. The molecule has 0 spiro atoms. The van der Waals surface area contributed by atoms with Crippen LogP contribution < -0.4 is 4.74 Å². The minimum Gasteiger partial charge on any atom is -0.491 e. The molecular formula is C22H24F3NO3. The average Bonchev–Trinajstić information content (AvgIpc) is 2.71. The number of halogens is 3. The van der Waals surface area contributed by atoms with Crippen LogP contribution in [-0.4, -0.2) is 43.2 Å². The van der Waals surface area contributed by atoms with E-state index in [0.717, 1.165) is 23.3 Å². The number of hydrogen-bond acceptors (Lipinski definition) is 3. The highest BCUT2D eigenvalue weighted by molar-refractivity contribution is 5.83. The molecule has 0 aliphatic carbocycles. The maximum absolute atomic E-state index is 12.9. The topological polar surface area (TPSA) is 38.8 Å². The molecular weight excluding hydrogens is 383 g/mol. The molecule has 4 nitrogen and oxygen atoms in total. The lowest BCUT2D eigenvalue weighted by molar-refractivity contribution is -0.141. The van der Waals surface area contributed by atoms with Gasteiger partial charge in [-0.15, -0.1) is 0 Å². The zero-order chi connectivity index (χ0) is 21.0. The van der Waals surface area contributed by atoms with Crippen LogP contribution in [0.5, 0.6) is 5.75 Å². The second-order valence-corrected chi connectivity index (χ2v) is 7.25. The van der Waals surface area contributed by atoms with E-state index in [4.69, 9.17) is 9.47 Å². The van der Waals surface area contributed by atoms with Crippen LogP contribution in [0.4, 0.5) is 13.2 Å². The summed E-state index contributed by atoms with van der Waals surface area (Å²) in [4.78, 5) is 14.6. The van der Waals surface area contributed by atoms with Crippen molar-refractivity contribution in [2.75, 3.05) is 26.3 Å². The second-order valence-electron chi connectivity index (χ2n) is 7.25. The molecule has 1 aliphatic heterocycles. The third-order valence-corrected chi connectivity index (χ3v) is 5.00. The Bertz CT molecular complexity index is 836. The summed E-state index contributed by atoms with van der Waals surface area (Å²) in [7, 11) is 0. The first-order chi connectivity index (χ1) is 13.7. The molecule has 1 aliphatic rings. The van der Waals surface area contributed by atoms with E-state index in [2.05, 4.69) is 0 Å². The molecule has 0 bridgehead atoms. The molecule has 0 N–H and O–H groups in total. The number of carbonyl (C=O) groups is 1. The van der Waals surface area contributed by atoms with E-state index in [9.17, 15) is 18.0 Å². The van der Waals surface area contributed by atoms with Gasteiger partial charge in [0.15, 0.2) is 0 Å². The maximum atomic E-state index is 12.9. The van der Waals surface area contributed by atoms with Crippen LogP contribution in [-0.2, 0) is 15.7 Å². The highest BCUT2D eigenvalue weighted by atomic mass is 19.4. The fraction of sp³-hybridized carbons (Fsp3) is 0.409. The molecule has 0 radical (unpaired) electrons. The lowest BCUT2D eigenvalue weighted by Gasteiger charge is -2.34. The van der Waals surface area contributed by atoms with Crippen molar-refractivity contribution in [2.45, 2.75) is 32.0 Å². The van der Waals surface area contributed by atoms with Gasteiger partial charge in [-0.25, -0.2) is 0 Å². The van der Waals surface area contributed by atoms with Crippen LogP contribution in [0.25, 0.3) is 0 Å². The molecule has 0 aromatic heterocycles. The zero-order valence-corrected chi connectivity index (χ0v) is 16.4. The minimum atomic E-state index is -4.42. The van der Waals surface area contributed by atoms with Crippen molar-refractivity contribution in [3.63, 3.8) is 0 Å². The summed E-state index contributed by atoms with van der Waals surface area (Å²) in [6.45, 7) is 5.12. The lowest BCUT2D eigenvalue weighted by atomic mass is 9.98. The van der Waals surface area contributed by atoms with Gasteiger partial charge in [0, 0.05) is 6.54 Å². The van der Waals surface area contributed by atoms with Gasteiger partial charge in [0.2, 0.25) is 5.91 Å². The average molecular weight is 407 g/mol. The van der Waals surface area contributed by atoms with Crippen molar-refractivity contribution >= 4 is 5.91 Å². The number of rotatable bonds is 5. The second kappa shape index (κ2) is 8.86. The van der Waals surface area contributed by atoms with Crippen molar-refractivity contribution in [1.29, 1.82) is 0 Å². The van der Waals surface area contributed by atoms with Gasteiger partial charge in [-0.1, -0.05) is 35.9 Å². The smallest absolute Gasteiger partial charge is 0.416 e. The molecule has 7 heteroatoms. The van der Waals surface area contributed by atoms with E-state index in [1.54, 1.807) is 4.90 Å². The number of morpholine rings is 1. The van der Waals surface area contributed by atoms with Gasteiger partial charge in [0.25, 0.3) is 0 Å². The Kier molecular flexibility index (Phi) is 6.47. The van der Waals surface area contributed by atoms with Gasteiger partial charge in [0.05, 0.1) is 24.6 Å². The minimum absolute atomic E-state index is 0.00113. The molecule has 29 heavy (non-hydrogen) atoms. The normalized spacial score (nSPS) is 18.4. The Hall–Kier alpha value is -2.54. The molecule has 2 atom stereocenters. The van der Waals surface area contributed by atoms with Gasteiger partial charge in [0.1, 0.15) is 18.5 Å². The van der Waals surface area contributed by atoms with Crippen LogP contribution in [0.3, 0.4) is 0 Å². The summed E-state index contributed by atoms with van der Waals surface area (Å²) in [5.74, 6) is -0.153. The van der Waals surface area contributed by atoms with Crippen molar-refractivity contribution in [1.82, 2.24) is 4.90 Å². The number of alkyl halides is 3. The highest BCUT2D eigenvalue weighted by Crippen LogP contribution is 2.31. The summed E-state index contributed by atoms with van der Waals surface area (Å²) >= 11 is 0. The molecule has 0 saturated carbocycles. The van der Waals surface area contributed by atoms with E-state index in [1.165, 1.54) is 12.1 Å². The summed E-state index contributed by atoms with van der Waals surface area (Å²) in [5.41, 5.74) is 1.32. The highest BCUT2D eigenvalue weighted by Gasteiger charge is 2.31. The first-order valence-corrected chi connectivity index (χ1v) is 9.51. The van der Waals surface area contributed by atoms with E-state index >= 15 is 0 Å². The van der Waals surface area contributed by atoms with E-state index in [1.807, 2.05) is 38.1 Å². The number of hydrogen-bond donors (Lipinski definition) is 0. The molecule has 2 unspecified atom stereocenters. The Morgan fingerprint density at radius 1 is 1.24 bits per heavy atom. The molecule has 1 amide bonds. The lowest BCUT2D eigenvalue weighted by Crippen LogP contribution is -2.48. The summed E-state index contributed by atoms with van der Waals surface area (Å²) < 4.78 is 49.6. The number of nitrogens with zero attached hydrogens (tertiary/aromatic N) is 1. The fourth-order valence-corrected chi connectivity index (χ4v) is 3.24. The third kappa shape index (κ3) is 5.50. The van der Waals surface area contributed by atoms with E-state index in [-0.39, 0.29) is 24.2 Å². The molecule has 156 valence electrons. The quantitative estimate of drug-likeness (QED) is 0.736. The van der Waals surface area contributed by atoms with Gasteiger partial charge in [-0.05, 0) is 37.6 Å². The Morgan fingerprint density at radius 3 is 2.66 bits per heavy atom. The number of amides is 1. The predicted molar refractivity (Wildman–Crippen MR) is 103 cm³/mol. The molecule has 2 aromatic rings. The predicted octanol–water partition coefficient (Wildman–Crippen LogP) is 4.42. The molecule has 1 heterocycles. The van der Waals surface area contributed by atoms with Gasteiger partial charge in [-0.2, -0.15) is 13.2 Å². The van der Waals surface area contributed by atoms with Gasteiger partial charge < -0.3 is 14.4 Å². The van der Waals surface area contributed by atoms with Gasteiger partial charge in [-0.3, -0.25) is 4.79 Å². The van der Waals surface area contributed by atoms with E-state index < -0.39 is 17.8 Å². The van der Waals surface area contributed by atoms with Crippen LogP contribution in [0.2, 0.25) is 0 Å². The van der Waals surface area contributed by atoms with Crippen LogP contribution in [0, 0.1) is 6.92 Å². The van der Waals surface area contributed by atoms with Crippen molar-refractivity contribution in [3.05, 3.63) is 65.2 Å². The SMILES string of the molecule is Cc1ccc(C(C)C(=O)N2CCOC(COc3cccc(C(F)(F)F)c3)C2)cc1. The first-order valence-electron chi connectivity index (χ1n) is 9.51.